The number of piperazine rings is 1. The Morgan fingerprint density at radius 3 is 2.33 bits per heavy atom. The third kappa shape index (κ3) is 2.83. The molecule has 0 atom stereocenters. The van der Waals surface area contributed by atoms with Crippen LogP contribution in [0.3, 0.4) is 0 Å². The van der Waals surface area contributed by atoms with Gasteiger partial charge in [-0.15, -0.1) is 0 Å². The fourth-order valence-electron chi connectivity index (χ4n) is 2.49. The lowest BCUT2D eigenvalue weighted by molar-refractivity contribution is 0.639. The van der Waals surface area contributed by atoms with E-state index in [0.29, 0.717) is 5.56 Å². The highest BCUT2D eigenvalue weighted by Gasteiger charge is 2.21. The molecule has 21 heavy (non-hydrogen) atoms. The molecule has 0 unspecified atom stereocenters. The van der Waals surface area contributed by atoms with Crippen molar-refractivity contribution in [3.8, 4) is 6.07 Å². The largest absolute Gasteiger partial charge is 0.367 e. The molecule has 0 aliphatic carbocycles. The van der Waals surface area contributed by atoms with E-state index in [2.05, 4.69) is 41.8 Å². The van der Waals surface area contributed by atoms with Gasteiger partial charge < -0.3 is 9.80 Å². The summed E-state index contributed by atoms with van der Waals surface area (Å²) in [4.78, 5) is 13.0. The number of benzene rings is 1. The van der Waals surface area contributed by atoms with Gasteiger partial charge in [-0.3, -0.25) is 0 Å². The summed E-state index contributed by atoms with van der Waals surface area (Å²) in [6.45, 7) is 3.40. The van der Waals surface area contributed by atoms with Crippen LogP contribution in [0.2, 0.25) is 0 Å². The van der Waals surface area contributed by atoms with Crippen LogP contribution >= 0.6 is 15.9 Å². The van der Waals surface area contributed by atoms with Crippen LogP contribution in [0.1, 0.15) is 5.56 Å². The first-order valence-corrected chi connectivity index (χ1v) is 7.54. The van der Waals surface area contributed by atoms with Gasteiger partial charge in [0.05, 0.1) is 11.3 Å². The van der Waals surface area contributed by atoms with E-state index in [4.69, 9.17) is 0 Å². The predicted molar refractivity (Wildman–Crippen MR) is 85.3 cm³/mol. The Hall–Kier alpha value is -2.13. The van der Waals surface area contributed by atoms with Crippen LogP contribution in [0.5, 0.6) is 0 Å². The summed E-state index contributed by atoms with van der Waals surface area (Å²) < 4.78 is 0.844. The summed E-state index contributed by atoms with van der Waals surface area (Å²) in [5.74, 6) is 0.770. The molecule has 6 heteroatoms. The first kappa shape index (κ1) is 13.8. The molecular formula is C15H14BrN5. The lowest BCUT2D eigenvalue weighted by Crippen LogP contribution is -2.47. The molecule has 1 aromatic heterocycles. The Morgan fingerprint density at radius 2 is 1.67 bits per heavy atom. The van der Waals surface area contributed by atoms with Gasteiger partial charge in [0, 0.05) is 43.0 Å². The van der Waals surface area contributed by atoms with E-state index < -0.39 is 0 Å². The summed E-state index contributed by atoms with van der Waals surface area (Å²) >= 11 is 3.44. The van der Waals surface area contributed by atoms with E-state index in [1.807, 2.05) is 24.3 Å². The number of hydrogen-bond acceptors (Lipinski definition) is 5. The maximum absolute atomic E-state index is 9.32. The minimum absolute atomic E-state index is 0.696. The van der Waals surface area contributed by atoms with Crippen molar-refractivity contribution in [2.45, 2.75) is 0 Å². The number of hydrogen-bond donors (Lipinski definition) is 0. The molecule has 1 aliphatic heterocycles. The van der Waals surface area contributed by atoms with Crippen molar-refractivity contribution in [3.05, 3.63) is 46.7 Å². The van der Waals surface area contributed by atoms with Crippen molar-refractivity contribution < 1.29 is 0 Å². The number of halogens is 1. The van der Waals surface area contributed by atoms with Crippen LogP contribution in [-0.2, 0) is 0 Å². The van der Waals surface area contributed by atoms with Crippen LogP contribution < -0.4 is 9.80 Å². The van der Waals surface area contributed by atoms with Crippen molar-refractivity contribution >= 4 is 27.6 Å². The second-order valence-corrected chi connectivity index (χ2v) is 5.62. The molecule has 1 aliphatic rings. The molecule has 5 nitrogen and oxygen atoms in total. The molecule has 106 valence electrons. The fraction of sp³-hybridized carbons (Fsp3) is 0.267. The Morgan fingerprint density at radius 1 is 1.00 bits per heavy atom. The molecule has 2 aromatic rings. The van der Waals surface area contributed by atoms with Gasteiger partial charge >= 0.3 is 0 Å². The number of aromatic nitrogens is 2. The van der Waals surface area contributed by atoms with E-state index in [0.717, 1.165) is 42.3 Å². The van der Waals surface area contributed by atoms with Gasteiger partial charge in [0.25, 0.3) is 0 Å². The van der Waals surface area contributed by atoms with Crippen LogP contribution in [0.25, 0.3) is 0 Å². The molecule has 1 aromatic carbocycles. The molecular weight excluding hydrogens is 330 g/mol. The van der Waals surface area contributed by atoms with Gasteiger partial charge in [-0.2, -0.15) is 5.26 Å². The van der Waals surface area contributed by atoms with Crippen LogP contribution in [0.4, 0.5) is 11.6 Å². The van der Waals surface area contributed by atoms with Crippen molar-refractivity contribution in [1.29, 1.82) is 5.26 Å². The Balaban J connectivity index is 1.75. The summed E-state index contributed by atoms with van der Waals surface area (Å²) in [6, 6.07) is 9.96. The maximum Gasteiger partial charge on any atom is 0.225 e. The quantitative estimate of drug-likeness (QED) is 0.838. The molecule has 3 rings (SSSR count). The van der Waals surface area contributed by atoms with Gasteiger partial charge in [-0.05, 0) is 34.1 Å². The minimum atomic E-state index is 0.696. The molecule has 1 saturated heterocycles. The van der Waals surface area contributed by atoms with Gasteiger partial charge in [0.1, 0.15) is 6.07 Å². The maximum atomic E-state index is 9.32. The third-order valence-electron chi connectivity index (χ3n) is 3.56. The monoisotopic (exact) mass is 343 g/mol. The average molecular weight is 344 g/mol. The van der Waals surface area contributed by atoms with Gasteiger partial charge in [0.15, 0.2) is 0 Å². The van der Waals surface area contributed by atoms with E-state index in [9.17, 15) is 5.26 Å². The topological polar surface area (TPSA) is 56.1 Å². The highest BCUT2D eigenvalue weighted by molar-refractivity contribution is 9.10. The van der Waals surface area contributed by atoms with Gasteiger partial charge in [0.2, 0.25) is 5.95 Å². The van der Waals surface area contributed by atoms with Crippen molar-refractivity contribution in [2.24, 2.45) is 0 Å². The second-order valence-electron chi connectivity index (χ2n) is 4.77. The average Bonchev–Trinajstić information content (AvgIpc) is 2.55. The van der Waals surface area contributed by atoms with Crippen LogP contribution in [-0.4, -0.2) is 36.1 Å². The zero-order chi connectivity index (χ0) is 14.7. The molecule has 0 radical (unpaired) electrons. The first-order chi connectivity index (χ1) is 10.3. The number of nitriles is 1. The van der Waals surface area contributed by atoms with Crippen molar-refractivity contribution in [2.75, 3.05) is 36.0 Å². The summed E-state index contributed by atoms with van der Waals surface area (Å²) in [7, 11) is 0. The van der Waals surface area contributed by atoms with Crippen LogP contribution in [0.15, 0.2) is 41.1 Å². The molecule has 1 fully saturated rings. The van der Waals surface area contributed by atoms with Crippen molar-refractivity contribution in [1.82, 2.24) is 9.97 Å². The van der Waals surface area contributed by atoms with Gasteiger partial charge in [-0.1, -0.05) is 6.07 Å². The van der Waals surface area contributed by atoms with Crippen molar-refractivity contribution in [3.63, 3.8) is 0 Å². The standard InChI is InChI=1S/C15H14BrN5/c16-13-3-1-4-14(12(13)11-17)20-7-9-21(10-8-20)15-18-5-2-6-19-15/h1-6H,7-10H2. The highest BCUT2D eigenvalue weighted by atomic mass is 79.9. The molecule has 2 heterocycles. The smallest absolute Gasteiger partial charge is 0.225 e. The van der Waals surface area contributed by atoms with E-state index in [1.165, 1.54) is 0 Å². The highest BCUT2D eigenvalue weighted by Crippen LogP contribution is 2.28. The molecule has 0 N–H and O–H groups in total. The van der Waals surface area contributed by atoms with E-state index in [1.54, 1.807) is 12.4 Å². The molecule has 0 bridgehead atoms. The zero-order valence-electron chi connectivity index (χ0n) is 11.4. The lowest BCUT2D eigenvalue weighted by Gasteiger charge is -2.36. The number of nitrogens with zero attached hydrogens (tertiary/aromatic N) is 5. The molecule has 0 amide bonds. The summed E-state index contributed by atoms with van der Waals surface area (Å²) in [5.41, 5.74) is 1.68. The number of anilines is 2. The Bertz CT molecular complexity index is 660. The zero-order valence-corrected chi connectivity index (χ0v) is 13.0. The third-order valence-corrected chi connectivity index (χ3v) is 4.22. The predicted octanol–water partition coefficient (Wildman–Crippen LogP) is 2.44. The number of rotatable bonds is 2. The fourth-order valence-corrected chi connectivity index (χ4v) is 2.93. The lowest BCUT2D eigenvalue weighted by atomic mass is 10.1. The molecule has 0 spiro atoms. The summed E-state index contributed by atoms with van der Waals surface area (Å²) in [5, 5.41) is 9.32. The normalized spacial score (nSPS) is 14.9. The SMILES string of the molecule is N#Cc1c(Br)cccc1N1CCN(c2ncccn2)CC1. The van der Waals surface area contributed by atoms with Crippen LogP contribution in [0, 0.1) is 11.3 Å². The summed E-state index contributed by atoms with van der Waals surface area (Å²) in [6.07, 6.45) is 3.52. The second kappa shape index (κ2) is 6.10. The minimum Gasteiger partial charge on any atom is -0.367 e. The van der Waals surface area contributed by atoms with E-state index >= 15 is 0 Å². The Labute approximate surface area is 132 Å². The van der Waals surface area contributed by atoms with E-state index in [-0.39, 0.29) is 0 Å². The van der Waals surface area contributed by atoms with Gasteiger partial charge in [-0.25, -0.2) is 9.97 Å². The Kier molecular flexibility index (Phi) is 4.02. The first-order valence-electron chi connectivity index (χ1n) is 6.75. The molecule has 0 saturated carbocycles.